The van der Waals surface area contributed by atoms with Crippen LogP contribution >= 0.6 is 0 Å². The number of hydrogen-bond acceptors (Lipinski definition) is 2. The number of rotatable bonds is 4. The zero-order valence-electron chi connectivity index (χ0n) is 12.7. The second kappa shape index (κ2) is 6.70. The molecular weight excluding hydrogens is 314 g/mol. The summed E-state index contributed by atoms with van der Waals surface area (Å²) in [5, 5.41) is 0. The number of carbonyl (C=O) groups is 2. The van der Waals surface area contributed by atoms with Crippen molar-refractivity contribution >= 4 is 17.6 Å². The minimum absolute atomic E-state index is 0.0709. The van der Waals surface area contributed by atoms with Crippen LogP contribution in [0.15, 0.2) is 53.5 Å². The molecule has 1 aliphatic heterocycles. The van der Waals surface area contributed by atoms with E-state index < -0.39 is 17.5 Å². The van der Waals surface area contributed by atoms with Gasteiger partial charge in [-0.25, -0.2) is 8.78 Å². The van der Waals surface area contributed by atoms with Crippen molar-refractivity contribution in [3.63, 3.8) is 0 Å². The first-order valence-corrected chi connectivity index (χ1v) is 7.41. The number of amidine groups is 1. The number of aliphatic imine (C=N–C) groups is 1. The third-order valence-corrected chi connectivity index (χ3v) is 3.70. The van der Waals surface area contributed by atoms with Gasteiger partial charge in [-0.2, -0.15) is 4.99 Å². The lowest BCUT2D eigenvalue weighted by atomic mass is 10.1. The molecule has 0 aliphatic carbocycles. The Morgan fingerprint density at radius 2 is 1.71 bits per heavy atom. The molecule has 0 bridgehead atoms. The van der Waals surface area contributed by atoms with Gasteiger partial charge in [-0.05, 0) is 23.3 Å². The van der Waals surface area contributed by atoms with E-state index in [1.54, 1.807) is 0 Å². The van der Waals surface area contributed by atoms with Crippen LogP contribution in [0.2, 0.25) is 0 Å². The van der Waals surface area contributed by atoms with E-state index in [0.29, 0.717) is 5.56 Å². The summed E-state index contributed by atoms with van der Waals surface area (Å²) in [5.41, 5.74) is 1.33. The lowest BCUT2D eigenvalue weighted by Gasteiger charge is -2.27. The fraction of sp³-hybridized carbons (Fsp3) is 0.167. The Balaban J connectivity index is 1.87. The molecule has 2 amide bonds. The molecule has 0 aromatic heterocycles. The van der Waals surface area contributed by atoms with Crippen LogP contribution in [0.3, 0.4) is 0 Å². The van der Waals surface area contributed by atoms with Crippen molar-refractivity contribution in [3.05, 3.63) is 71.3 Å². The van der Waals surface area contributed by atoms with E-state index in [1.165, 1.54) is 11.0 Å². The van der Waals surface area contributed by atoms with Crippen molar-refractivity contribution in [1.29, 1.82) is 0 Å². The number of amides is 2. The summed E-state index contributed by atoms with van der Waals surface area (Å²) in [5.74, 6) is -2.56. The molecule has 2 aromatic carbocycles. The van der Waals surface area contributed by atoms with Crippen molar-refractivity contribution in [3.8, 4) is 0 Å². The smallest absolute Gasteiger partial charge is 0.256 e. The summed E-state index contributed by atoms with van der Waals surface area (Å²) in [6, 6.07) is 12.7. The van der Waals surface area contributed by atoms with Gasteiger partial charge in [-0.3, -0.25) is 14.5 Å². The van der Waals surface area contributed by atoms with Crippen LogP contribution in [0.25, 0.3) is 0 Å². The third-order valence-electron chi connectivity index (χ3n) is 3.70. The largest absolute Gasteiger partial charge is 0.295 e. The van der Waals surface area contributed by atoms with Crippen LogP contribution in [0, 0.1) is 11.6 Å². The molecule has 122 valence electrons. The predicted octanol–water partition coefficient (Wildman–Crippen LogP) is 2.86. The molecule has 0 saturated carbocycles. The molecular formula is C18H14F2N2O2. The molecule has 0 fully saturated rings. The monoisotopic (exact) mass is 328 g/mol. The SMILES string of the molecule is O=C1CC(=O)N(Cc2ccccc2)C(Cc2ccc(F)c(F)c2)=N1. The Morgan fingerprint density at radius 1 is 0.958 bits per heavy atom. The molecule has 0 N–H and O–H groups in total. The van der Waals surface area contributed by atoms with Gasteiger partial charge >= 0.3 is 0 Å². The number of halogens is 2. The number of carbonyl (C=O) groups excluding carboxylic acids is 2. The maximum atomic E-state index is 13.4. The maximum absolute atomic E-state index is 13.4. The Kier molecular flexibility index (Phi) is 4.46. The van der Waals surface area contributed by atoms with Gasteiger partial charge in [0, 0.05) is 6.42 Å². The van der Waals surface area contributed by atoms with Gasteiger partial charge in [0.1, 0.15) is 12.3 Å². The van der Waals surface area contributed by atoms with Gasteiger partial charge in [0.25, 0.3) is 5.91 Å². The average molecular weight is 328 g/mol. The number of nitrogens with zero attached hydrogens (tertiary/aromatic N) is 2. The minimum atomic E-state index is -0.976. The molecule has 0 saturated heterocycles. The first-order valence-electron chi connectivity index (χ1n) is 7.41. The first kappa shape index (κ1) is 16.0. The van der Waals surface area contributed by atoms with Gasteiger partial charge in [0.2, 0.25) is 5.91 Å². The van der Waals surface area contributed by atoms with Crippen LogP contribution in [0.5, 0.6) is 0 Å². The summed E-state index contributed by atoms with van der Waals surface area (Å²) < 4.78 is 26.4. The highest BCUT2D eigenvalue weighted by molar-refractivity contribution is 6.14. The molecule has 6 heteroatoms. The van der Waals surface area contributed by atoms with Crippen molar-refractivity contribution in [2.75, 3.05) is 0 Å². The molecule has 1 aliphatic rings. The van der Waals surface area contributed by atoms with E-state index in [9.17, 15) is 18.4 Å². The molecule has 24 heavy (non-hydrogen) atoms. The zero-order valence-corrected chi connectivity index (χ0v) is 12.7. The third kappa shape index (κ3) is 3.53. The van der Waals surface area contributed by atoms with Gasteiger partial charge in [0.15, 0.2) is 11.6 Å². The highest BCUT2D eigenvalue weighted by Gasteiger charge is 2.28. The summed E-state index contributed by atoms with van der Waals surface area (Å²) >= 11 is 0. The number of benzene rings is 2. The highest BCUT2D eigenvalue weighted by Crippen LogP contribution is 2.16. The Hall–Kier alpha value is -2.89. The second-order valence-electron chi connectivity index (χ2n) is 5.49. The molecule has 2 aromatic rings. The second-order valence-corrected chi connectivity index (χ2v) is 5.49. The first-order chi connectivity index (χ1) is 11.5. The Morgan fingerprint density at radius 3 is 2.42 bits per heavy atom. The van der Waals surface area contributed by atoms with Crippen molar-refractivity contribution in [2.45, 2.75) is 19.4 Å². The molecule has 0 atom stereocenters. The van der Waals surface area contributed by atoms with Crippen molar-refractivity contribution < 1.29 is 18.4 Å². The zero-order chi connectivity index (χ0) is 17.1. The van der Waals surface area contributed by atoms with Crippen molar-refractivity contribution in [1.82, 2.24) is 4.90 Å². The van der Waals surface area contributed by atoms with Gasteiger partial charge in [0.05, 0.1) is 6.54 Å². The molecule has 4 nitrogen and oxygen atoms in total. The normalized spacial score (nSPS) is 14.8. The van der Waals surface area contributed by atoms with Crippen LogP contribution in [0.4, 0.5) is 8.78 Å². The minimum Gasteiger partial charge on any atom is -0.295 e. The summed E-state index contributed by atoms with van der Waals surface area (Å²) in [7, 11) is 0. The van der Waals surface area contributed by atoms with E-state index in [4.69, 9.17) is 0 Å². The molecule has 0 unspecified atom stereocenters. The lowest BCUT2D eigenvalue weighted by Crippen LogP contribution is -2.42. The predicted molar refractivity (Wildman–Crippen MR) is 84.1 cm³/mol. The molecule has 1 heterocycles. The quantitative estimate of drug-likeness (QED) is 0.810. The number of hydrogen-bond donors (Lipinski definition) is 0. The van der Waals surface area contributed by atoms with Crippen LogP contribution in [-0.2, 0) is 22.6 Å². The van der Waals surface area contributed by atoms with E-state index in [1.807, 2.05) is 30.3 Å². The van der Waals surface area contributed by atoms with Crippen LogP contribution in [0.1, 0.15) is 17.5 Å². The van der Waals surface area contributed by atoms with Gasteiger partial charge in [-0.1, -0.05) is 36.4 Å². The average Bonchev–Trinajstić information content (AvgIpc) is 2.55. The summed E-state index contributed by atoms with van der Waals surface area (Å²) in [4.78, 5) is 29.2. The van der Waals surface area contributed by atoms with Crippen molar-refractivity contribution in [2.24, 2.45) is 4.99 Å². The standard InChI is InChI=1S/C18H14F2N2O2/c19-14-7-6-13(8-15(14)20)9-16-21-17(23)10-18(24)22(16)11-12-4-2-1-3-5-12/h1-8H,9-11H2. The van der Waals surface area contributed by atoms with E-state index in [0.717, 1.165) is 17.7 Å². The fourth-order valence-electron chi connectivity index (χ4n) is 2.53. The molecule has 0 radical (unpaired) electrons. The van der Waals surface area contributed by atoms with E-state index in [-0.39, 0.29) is 31.1 Å². The highest BCUT2D eigenvalue weighted by atomic mass is 19.2. The van der Waals surface area contributed by atoms with E-state index in [2.05, 4.69) is 4.99 Å². The van der Waals surface area contributed by atoms with Gasteiger partial charge in [-0.15, -0.1) is 0 Å². The van der Waals surface area contributed by atoms with Crippen LogP contribution in [-0.4, -0.2) is 22.5 Å². The Labute approximate surface area is 137 Å². The summed E-state index contributed by atoms with van der Waals surface area (Å²) in [6.07, 6.45) is -0.213. The Bertz CT molecular complexity index is 819. The fourth-order valence-corrected chi connectivity index (χ4v) is 2.53. The summed E-state index contributed by atoms with van der Waals surface area (Å²) in [6.45, 7) is 0.273. The molecule has 3 rings (SSSR count). The maximum Gasteiger partial charge on any atom is 0.256 e. The lowest BCUT2D eigenvalue weighted by molar-refractivity contribution is -0.133. The molecule has 0 spiro atoms. The van der Waals surface area contributed by atoms with Crippen LogP contribution < -0.4 is 0 Å². The van der Waals surface area contributed by atoms with E-state index >= 15 is 0 Å². The van der Waals surface area contributed by atoms with Gasteiger partial charge < -0.3 is 0 Å². The topological polar surface area (TPSA) is 49.7 Å².